The Balaban J connectivity index is 1.54. The molecule has 2 saturated carbocycles. The van der Waals surface area contributed by atoms with Gasteiger partial charge in [0.2, 0.25) is 11.8 Å². The number of anilines is 2. The van der Waals surface area contributed by atoms with Crippen LogP contribution in [0, 0.1) is 11.8 Å². The van der Waals surface area contributed by atoms with Gasteiger partial charge in [-0.2, -0.15) is 0 Å². The number of fused-ring (bicyclic) bond motifs is 1. The van der Waals surface area contributed by atoms with Crippen LogP contribution in [0.2, 0.25) is 0 Å². The van der Waals surface area contributed by atoms with E-state index >= 15 is 0 Å². The van der Waals surface area contributed by atoms with Crippen molar-refractivity contribution in [2.75, 3.05) is 10.6 Å². The van der Waals surface area contributed by atoms with Crippen LogP contribution in [-0.2, 0) is 9.59 Å². The molecule has 0 aromatic carbocycles. The molecule has 2 aromatic rings. The van der Waals surface area contributed by atoms with Gasteiger partial charge in [-0.05, 0) is 44.6 Å². The van der Waals surface area contributed by atoms with Gasteiger partial charge in [0.15, 0.2) is 0 Å². The number of rotatable bonds is 6. The van der Waals surface area contributed by atoms with Gasteiger partial charge >= 0.3 is 0 Å². The fourth-order valence-corrected chi connectivity index (χ4v) is 4.44. The van der Waals surface area contributed by atoms with Gasteiger partial charge in [0, 0.05) is 47.3 Å². The average molecular weight is 382 g/mol. The van der Waals surface area contributed by atoms with Crippen LogP contribution in [0.3, 0.4) is 0 Å². The third-order valence-corrected chi connectivity index (χ3v) is 5.99. The zero-order valence-corrected chi connectivity index (χ0v) is 15.7. The second kappa shape index (κ2) is 7.61. The first kappa shape index (κ1) is 18.5. The lowest BCUT2D eigenvalue weighted by atomic mass is 10.1. The molecule has 148 valence electrons. The number of primary amides is 2. The van der Waals surface area contributed by atoms with Crippen molar-refractivity contribution in [1.29, 1.82) is 0 Å². The van der Waals surface area contributed by atoms with Gasteiger partial charge in [-0.1, -0.05) is 0 Å². The van der Waals surface area contributed by atoms with E-state index in [1.54, 1.807) is 12.4 Å². The van der Waals surface area contributed by atoms with E-state index in [1.165, 1.54) is 0 Å². The van der Waals surface area contributed by atoms with Crippen LogP contribution >= 0.6 is 0 Å². The molecular weight excluding hydrogens is 356 g/mol. The summed E-state index contributed by atoms with van der Waals surface area (Å²) in [5, 5.41) is 8.01. The molecule has 6 N–H and O–H groups in total. The van der Waals surface area contributed by atoms with Crippen LogP contribution in [0.25, 0.3) is 10.9 Å². The van der Waals surface area contributed by atoms with Gasteiger partial charge in [-0.3, -0.25) is 14.6 Å². The zero-order valence-electron chi connectivity index (χ0n) is 15.7. The van der Waals surface area contributed by atoms with Crippen LogP contribution in [-0.4, -0.2) is 33.9 Å². The Morgan fingerprint density at radius 1 is 0.964 bits per heavy atom. The first-order valence-electron chi connectivity index (χ1n) is 9.86. The molecule has 2 aliphatic rings. The highest BCUT2D eigenvalue weighted by Gasteiger charge is 2.30. The summed E-state index contributed by atoms with van der Waals surface area (Å²) in [6.45, 7) is 0. The quantitative estimate of drug-likeness (QED) is 0.601. The molecule has 0 spiro atoms. The first-order chi connectivity index (χ1) is 13.5. The van der Waals surface area contributed by atoms with E-state index in [1.807, 2.05) is 12.1 Å². The number of aromatic nitrogens is 2. The zero-order chi connectivity index (χ0) is 19.7. The Kier molecular flexibility index (Phi) is 5.02. The third kappa shape index (κ3) is 3.85. The molecule has 2 aliphatic carbocycles. The van der Waals surface area contributed by atoms with Crippen molar-refractivity contribution in [2.45, 2.75) is 50.6 Å². The minimum Gasteiger partial charge on any atom is -0.382 e. The number of nitrogens with one attached hydrogen (secondary N) is 2. The predicted octanol–water partition coefficient (Wildman–Crippen LogP) is 1.76. The van der Waals surface area contributed by atoms with Gasteiger partial charge in [-0.15, -0.1) is 0 Å². The molecule has 4 atom stereocenters. The van der Waals surface area contributed by atoms with Gasteiger partial charge in [-0.25, -0.2) is 4.98 Å². The lowest BCUT2D eigenvalue weighted by Gasteiger charge is -2.19. The Morgan fingerprint density at radius 2 is 1.61 bits per heavy atom. The predicted molar refractivity (Wildman–Crippen MR) is 107 cm³/mol. The van der Waals surface area contributed by atoms with E-state index in [0.717, 1.165) is 60.9 Å². The summed E-state index contributed by atoms with van der Waals surface area (Å²) in [6.07, 6.45) is 8.40. The van der Waals surface area contributed by atoms with Crippen molar-refractivity contribution < 1.29 is 9.59 Å². The fraction of sp³-hybridized carbons (Fsp3) is 0.500. The second-order valence-corrected chi connectivity index (χ2v) is 7.96. The maximum absolute atomic E-state index is 11.5. The van der Waals surface area contributed by atoms with Gasteiger partial charge in [0.1, 0.15) is 5.82 Å². The molecule has 0 unspecified atom stereocenters. The number of carbonyl (C=O) groups is 2. The topological polar surface area (TPSA) is 136 Å². The molecule has 2 amide bonds. The highest BCUT2D eigenvalue weighted by Crippen LogP contribution is 2.33. The lowest BCUT2D eigenvalue weighted by molar-refractivity contribution is -0.122. The number of carbonyl (C=O) groups excluding carboxylic acids is 2. The molecule has 2 heterocycles. The monoisotopic (exact) mass is 382 g/mol. The van der Waals surface area contributed by atoms with Crippen molar-refractivity contribution >= 4 is 34.2 Å². The summed E-state index contributed by atoms with van der Waals surface area (Å²) >= 11 is 0. The number of pyridine rings is 2. The average Bonchev–Trinajstić information content (AvgIpc) is 3.31. The summed E-state index contributed by atoms with van der Waals surface area (Å²) in [5.74, 6) is 0.173. The number of amides is 2. The minimum absolute atomic E-state index is 0.0610. The van der Waals surface area contributed by atoms with E-state index in [9.17, 15) is 9.59 Å². The summed E-state index contributed by atoms with van der Waals surface area (Å²) in [7, 11) is 0. The molecule has 28 heavy (non-hydrogen) atoms. The summed E-state index contributed by atoms with van der Waals surface area (Å²) in [6, 6.07) is 4.32. The summed E-state index contributed by atoms with van der Waals surface area (Å²) in [4.78, 5) is 31.8. The normalized spacial score (nSPS) is 27.0. The largest absolute Gasteiger partial charge is 0.382 e. The highest BCUT2D eigenvalue weighted by molar-refractivity contribution is 5.92. The fourth-order valence-electron chi connectivity index (χ4n) is 4.44. The van der Waals surface area contributed by atoms with Crippen LogP contribution < -0.4 is 22.1 Å². The van der Waals surface area contributed by atoms with Crippen LogP contribution in [0.1, 0.15) is 38.5 Å². The molecule has 2 aromatic heterocycles. The van der Waals surface area contributed by atoms with E-state index in [-0.39, 0.29) is 35.7 Å². The van der Waals surface area contributed by atoms with Crippen molar-refractivity contribution in [3.63, 3.8) is 0 Å². The highest BCUT2D eigenvalue weighted by atomic mass is 16.1. The van der Waals surface area contributed by atoms with Gasteiger partial charge in [0.25, 0.3) is 0 Å². The molecule has 8 nitrogen and oxygen atoms in total. The SMILES string of the molecule is NC(=O)[C@@H]1CC[C@H](Nc2cc(N[C@@H]3CC[C@H](C(N)=O)C3)c3ccncc3n2)C1. The molecule has 0 saturated heterocycles. The Hall–Kier alpha value is -2.90. The van der Waals surface area contributed by atoms with Crippen molar-refractivity contribution in [3.05, 3.63) is 24.5 Å². The molecule has 4 rings (SSSR count). The molecule has 8 heteroatoms. The molecular formula is C20H26N6O2. The maximum Gasteiger partial charge on any atom is 0.220 e. The third-order valence-electron chi connectivity index (χ3n) is 5.99. The summed E-state index contributed by atoms with van der Waals surface area (Å²) in [5.41, 5.74) is 12.7. The van der Waals surface area contributed by atoms with Gasteiger partial charge in [0.05, 0.1) is 11.7 Å². The Labute approximate surface area is 163 Å². The second-order valence-electron chi connectivity index (χ2n) is 7.96. The van der Waals surface area contributed by atoms with E-state index < -0.39 is 0 Å². The smallest absolute Gasteiger partial charge is 0.220 e. The van der Waals surface area contributed by atoms with Crippen LogP contribution in [0.4, 0.5) is 11.5 Å². The summed E-state index contributed by atoms with van der Waals surface area (Å²) < 4.78 is 0. The van der Waals surface area contributed by atoms with Crippen molar-refractivity contribution in [3.8, 4) is 0 Å². The van der Waals surface area contributed by atoms with Crippen molar-refractivity contribution in [2.24, 2.45) is 23.3 Å². The first-order valence-corrected chi connectivity index (χ1v) is 9.86. The van der Waals surface area contributed by atoms with E-state index in [0.29, 0.717) is 0 Å². The number of nitrogens with two attached hydrogens (primary N) is 2. The van der Waals surface area contributed by atoms with Crippen molar-refractivity contribution in [1.82, 2.24) is 9.97 Å². The Morgan fingerprint density at radius 3 is 2.21 bits per heavy atom. The molecule has 2 fully saturated rings. The number of hydrogen-bond acceptors (Lipinski definition) is 6. The van der Waals surface area contributed by atoms with Crippen LogP contribution in [0.5, 0.6) is 0 Å². The van der Waals surface area contributed by atoms with E-state index in [4.69, 9.17) is 11.5 Å². The number of nitrogens with zero attached hydrogens (tertiary/aromatic N) is 2. The van der Waals surface area contributed by atoms with Gasteiger partial charge < -0.3 is 22.1 Å². The minimum atomic E-state index is -0.229. The molecule has 0 bridgehead atoms. The molecule has 0 radical (unpaired) electrons. The van der Waals surface area contributed by atoms with E-state index in [2.05, 4.69) is 20.6 Å². The standard InChI is InChI=1S/C20H26N6O2/c21-19(27)11-1-3-13(7-11)24-16-9-18(26-17-10-23-6-5-15(16)17)25-14-4-2-12(8-14)20(22)28/h5-6,9-14H,1-4,7-8H2,(H2,21,27)(H2,22,28)(H2,24,25,26)/t11-,12+,13+,14-/m0/s1. The lowest BCUT2D eigenvalue weighted by Crippen LogP contribution is -2.24. The number of hydrogen-bond donors (Lipinski definition) is 4. The van der Waals surface area contributed by atoms with Crippen LogP contribution in [0.15, 0.2) is 24.5 Å². The molecule has 0 aliphatic heterocycles. The Bertz CT molecular complexity index is 901. The maximum atomic E-state index is 11.5.